The average Bonchev–Trinajstić information content (AvgIpc) is 3.33. The first-order valence-electron chi connectivity index (χ1n) is 23.5. The van der Waals surface area contributed by atoms with Crippen LogP contribution in [-0.2, 0) is 49.9 Å². The Kier molecular flexibility index (Phi) is 20.5. The molecule has 0 spiro atoms. The predicted molar refractivity (Wildman–Crippen MR) is 259 cm³/mol. The summed E-state index contributed by atoms with van der Waals surface area (Å²) in [4.78, 5) is 55.6. The number of benzene rings is 3. The van der Waals surface area contributed by atoms with Crippen LogP contribution in [-0.4, -0.2) is 153 Å². The van der Waals surface area contributed by atoms with E-state index >= 15 is 9.18 Å². The fraction of sp³-hybridized carbons (Fsp3) is 0.451. The summed E-state index contributed by atoms with van der Waals surface area (Å²) < 4.78 is 39.3. The molecule has 2 aliphatic rings. The minimum absolute atomic E-state index is 0.000999. The van der Waals surface area contributed by atoms with Crippen molar-refractivity contribution in [1.29, 1.82) is 0 Å². The molecule has 16 nitrogen and oxygen atoms in total. The summed E-state index contributed by atoms with van der Waals surface area (Å²) in [6.45, 7) is 15.5. The van der Waals surface area contributed by atoms with Gasteiger partial charge in [0, 0.05) is 84.1 Å². The van der Waals surface area contributed by atoms with Crippen molar-refractivity contribution in [3.8, 4) is 5.75 Å². The molecular weight excluding hydrogens is 870 g/mol. The molecule has 68 heavy (non-hydrogen) atoms. The molecule has 4 amide bonds. The van der Waals surface area contributed by atoms with E-state index in [1.807, 2.05) is 92.7 Å². The number of pyridine rings is 1. The van der Waals surface area contributed by atoms with E-state index in [1.54, 1.807) is 18.2 Å². The molecule has 0 unspecified atom stereocenters. The molecule has 3 aromatic carbocycles. The quantitative estimate of drug-likeness (QED) is 0.0435. The van der Waals surface area contributed by atoms with E-state index in [4.69, 9.17) is 23.9 Å². The molecule has 0 bridgehead atoms. The number of nitrogens with one attached hydrogen (secondary N) is 3. The number of carbonyl (C=O) groups is 3. The summed E-state index contributed by atoms with van der Waals surface area (Å²) >= 11 is 0. The maximum atomic E-state index is 16.1. The smallest absolute Gasteiger partial charge is 0.329 e. The van der Waals surface area contributed by atoms with E-state index in [9.17, 15) is 9.59 Å². The minimum Gasteiger partial charge on any atom is -0.489 e. The van der Waals surface area contributed by atoms with Crippen LogP contribution in [0.25, 0.3) is 0 Å². The van der Waals surface area contributed by atoms with Gasteiger partial charge in [0.05, 0.1) is 38.5 Å². The number of urea groups is 1. The first kappa shape index (κ1) is 51.4. The average molecular weight is 938 g/mol. The number of amides is 4. The third-order valence-electron chi connectivity index (χ3n) is 11.8. The standard InChI is InChI=1S/C51H68FN9O7/c1-5-23-61(56-51(64)53-32-39-15-10-8-11-16-39)36-48(62)55-46(30-41-21-22-44(31-45(41)52)68-38-40-17-12-9-13-18-40)50(63)60(37-49(66-6-2)67-7-3)33-42-19-14-20-47(54-42)59-34-43(35-59)57(4)24-25-58-26-28-65-29-27-58/h5,8-22,31,43,46,49H,1,6-7,23-30,32-38H2,2-4H3,(H,55,62)(H2,53,56,64)/t46-/m0/s1. The molecule has 4 aromatic rings. The Bertz CT molecular complexity index is 2170. The molecule has 0 aliphatic carbocycles. The molecule has 17 heteroatoms. The lowest BCUT2D eigenvalue weighted by Crippen LogP contribution is -2.59. The summed E-state index contributed by atoms with van der Waals surface area (Å²) in [5, 5.41) is 7.04. The Balaban J connectivity index is 1.19. The second-order valence-corrected chi connectivity index (χ2v) is 16.8. The Morgan fingerprint density at radius 1 is 0.941 bits per heavy atom. The van der Waals surface area contributed by atoms with Gasteiger partial charge in [0.15, 0.2) is 6.29 Å². The number of nitrogens with zero attached hydrogens (tertiary/aromatic N) is 6. The van der Waals surface area contributed by atoms with Crippen molar-refractivity contribution in [2.24, 2.45) is 0 Å². The van der Waals surface area contributed by atoms with Crippen molar-refractivity contribution in [3.63, 3.8) is 0 Å². The van der Waals surface area contributed by atoms with E-state index in [2.05, 4.69) is 44.4 Å². The van der Waals surface area contributed by atoms with E-state index in [1.165, 1.54) is 16.0 Å². The van der Waals surface area contributed by atoms with Gasteiger partial charge in [-0.1, -0.05) is 78.9 Å². The number of likely N-dealkylation sites (N-methyl/N-ethyl adjacent to an activating group) is 1. The third kappa shape index (κ3) is 16.4. The van der Waals surface area contributed by atoms with Crippen molar-refractivity contribution >= 4 is 23.7 Å². The molecule has 1 aromatic heterocycles. The number of halogens is 1. The van der Waals surface area contributed by atoms with Crippen LogP contribution < -0.4 is 25.7 Å². The van der Waals surface area contributed by atoms with Crippen molar-refractivity contribution in [2.45, 2.75) is 58.3 Å². The molecule has 3 heterocycles. The highest BCUT2D eigenvalue weighted by atomic mass is 19.1. The first-order chi connectivity index (χ1) is 33.1. The lowest BCUT2D eigenvalue weighted by atomic mass is 10.0. The van der Waals surface area contributed by atoms with Gasteiger partial charge in [-0.3, -0.25) is 24.8 Å². The molecule has 2 saturated heterocycles. The summed E-state index contributed by atoms with van der Waals surface area (Å²) in [5.41, 5.74) is 5.33. The van der Waals surface area contributed by atoms with Crippen LogP contribution in [0.2, 0.25) is 0 Å². The van der Waals surface area contributed by atoms with Gasteiger partial charge in [0.25, 0.3) is 0 Å². The minimum atomic E-state index is -1.26. The number of rotatable bonds is 27. The number of ether oxygens (including phenoxy) is 4. The SMILES string of the molecule is C=CCN(CC(=O)N[C@@H](Cc1ccc(OCc2ccccc2)cc1F)C(=O)N(Cc1cccc(N2CC(N(C)CCN3CCOCC3)C2)n1)CC(OCC)OCC)NC(=O)NCc1ccccc1. The van der Waals surface area contributed by atoms with Gasteiger partial charge in [-0.05, 0) is 55.8 Å². The second kappa shape index (κ2) is 27.1. The monoisotopic (exact) mass is 938 g/mol. The molecule has 2 fully saturated rings. The van der Waals surface area contributed by atoms with Gasteiger partial charge in [0.1, 0.15) is 30.0 Å². The highest BCUT2D eigenvalue weighted by Crippen LogP contribution is 2.24. The largest absolute Gasteiger partial charge is 0.489 e. The van der Waals surface area contributed by atoms with Gasteiger partial charge < -0.3 is 39.4 Å². The zero-order valence-electron chi connectivity index (χ0n) is 39.7. The van der Waals surface area contributed by atoms with Gasteiger partial charge in [-0.2, -0.15) is 0 Å². The van der Waals surface area contributed by atoms with Crippen LogP contribution in [0.15, 0.2) is 110 Å². The van der Waals surface area contributed by atoms with Crippen LogP contribution in [0.1, 0.15) is 36.2 Å². The lowest BCUT2D eigenvalue weighted by Gasteiger charge is -2.45. The van der Waals surface area contributed by atoms with Crippen LogP contribution >= 0.6 is 0 Å². The van der Waals surface area contributed by atoms with Crippen molar-refractivity contribution < 1.29 is 37.7 Å². The van der Waals surface area contributed by atoms with E-state index < -0.39 is 36.0 Å². The molecular formula is C51H68FN9O7. The third-order valence-corrected chi connectivity index (χ3v) is 11.8. The highest BCUT2D eigenvalue weighted by Gasteiger charge is 2.33. The van der Waals surface area contributed by atoms with Gasteiger partial charge in [-0.25, -0.2) is 19.2 Å². The Hall–Kier alpha value is -5.95. The predicted octanol–water partition coefficient (Wildman–Crippen LogP) is 4.61. The summed E-state index contributed by atoms with van der Waals surface area (Å²) in [5.74, 6) is -0.591. The maximum absolute atomic E-state index is 16.1. The molecule has 0 saturated carbocycles. The van der Waals surface area contributed by atoms with Crippen LogP contribution in [0, 0.1) is 5.82 Å². The Morgan fingerprint density at radius 2 is 1.65 bits per heavy atom. The van der Waals surface area contributed by atoms with E-state index in [0.717, 1.165) is 69.4 Å². The van der Waals surface area contributed by atoms with Crippen molar-refractivity contribution in [3.05, 3.63) is 138 Å². The van der Waals surface area contributed by atoms with Crippen molar-refractivity contribution in [2.75, 3.05) is 97.3 Å². The van der Waals surface area contributed by atoms with Crippen LogP contribution in [0.3, 0.4) is 0 Å². The Morgan fingerprint density at radius 3 is 2.32 bits per heavy atom. The van der Waals surface area contributed by atoms with E-state index in [-0.39, 0.29) is 51.3 Å². The summed E-state index contributed by atoms with van der Waals surface area (Å²) in [6, 6.07) is 27.8. The molecule has 2 aliphatic heterocycles. The second-order valence-electron chi connectivity index (χ2n) is 16.8. The lowest BCUT2D eigenvalue weighted by molar-refractivity contribution is -0.161. The summed E-state index contributed by atoms with van der Waals surface area (Å²) in [7, 11) is 2.16. The number of aromatic nitrogens is 1. The molecule has 366 valence electrons. The van der Waals surface area contributed by atoms with Crippen LogP contribution in [0.4, 0.5) is 15.0 Å². The number of hydrogen-bond donors (Lipinski definition) is 3. The summed E-state index contributed by atoms with van der Waals surface area (Å²) in [6.07, 6.45) is 0.547. The zero-order valence-corrected chi connectivity index (χ0v) is 39.7. The fourth-order valence-electron chi connectivity index (χ4n) is 7.94. The number of anilines is 1. The number of hydrazine groups is 1. The van der Waals surface area contributed by atoms with Gasteiger partial charge in [-0.15, -0.1) is 6.58 Å². The van der Waals surface area contributed by atoms with E-state index in [0.29, 0.717) is 30.7 Å². The first-order valence-corrected chi connectivity index (χ1v) is 23.5. The molecule has 6 rings (SSSR count). The fourth-order valence-corrected chi connectivity index (χ4v) is 7.94. The van der Waals surface area contributed by atoms with Gasteiger partial charge in [0.2, 0.25) is 11.8 Å². The molecule has 0 radical (unpaired) electrons. The normalized spacial score (nSPS) is 14.7. The van der Waals surface area contributed by atoms with Crippen molar-refractivity contribution in [1.82, 2.24) is 40.8 Å². The molecule has 3 N–H and O–H groups in total. The maximum Gasteiger partial charge on any atom is 0.329 e. The van der Waals surface area contributed by atoms with Gasteiger partial charge >= 0.3 is 6.03 Å². The number of carbonyl (C=O) groups excluding carboxylic acids is 3. The Labute approximate surface area is 400 Å². The number of hydrogen-bond acceptors (Lipinski definition) is 12. The molecule has 1 atom stereocenters. The highest BCUT2D eigenvalue weighted by molar-refractivity contribution is 5.89. The zero-order chi connectivity index (χ0) is 48.1. The van der Waals surface area contributed by atoms with Crippen LogP contribution in [0.5, 0.6) is 5.75 Å². The topological polar surface area (TPSA) is 153 Å². The number of morpholine rings is 1.